The highest BCUT2D eigenvalue weighted by Gasteiger charge is 2.08. The largest absolute Gasteiger partial charge is 0.314 e. The molecule has 0 radical (unpaired) electrons. The van der Waals surface area contributed by atoms with Crippen LogP contribution in [0.3, 0.4) is 0 Å². The number of halogens is 1. The average Bonchev–Trinajstić information content (AvgIpc) is 2.40. The first-order valence-electron chi connectivity index (χ1n) is 7.00. The predicted octanol–water partition coefficient (Wildman–Crippen LogP) is 2.85. The molecular weight excluding hydrogens is 288 g/mol. The van der Waals surface area contributed by atoms with E-state index in [1.165, 1.54) is 48.1 Å². The summed E-state index contributed by atoms with van der Waals surface area (Å²) >= 11 is 3.66. The Morgan fingerprint density at radius 3 is 2.72 bits per heavy atom. The molecule has 1 N–H and O–H groups in total. The van der Waals surface area contributed by atoms with Gasteiger partial charge in [-0.05, 0) is 43.0 Å². The Hall–Kier alpha value is -0.380. The average molecular weight is 311 g/mol. The zero-order chi connectivity index (χ0) is 12.8. The smallest absolute Gasteiger partial charge is 0.0209 e. The van der Waals surface area contributed by atoms with Crippen LogP contribution in [0.15, 0.2) is 22.7 Å². The molecule has 1 aromatic carbocycles. The SMILES string of the molecule is CCc1ccc(CCCN2CCNCC2)cc1Br. The van der Waals surface area contributed by atoms with Gasteiger partial charge in [0.25, 0.3) is 0 Å². The number of aryl methyl sites for hydroxylation is 2. The first-order valence-corrected chi connectivity index (χ1v) is 7.79. The number of piperazine rings is 1. The van der Waals surface area contributed by atoms with Crippen LogP contribution >= 0.6 is 15.9 Å². The molecule has 1 aliphatic heterocycles. The molecule has 1 heterocycles. The van der Waals surface area contributed by atoms with Crippen LogP contribution in [0.1, 0.15) is 24.5 Å². The lowest BCUT2D eigenvalue weighted by molar-refractivity contribution is 0.238. The van der Waals surface area contributed by atoms with Crippen molar-refractivity contribution < 1.29 is 0 Å². The van der Waals surface area contributed by atoms with Gasteiger partial charge < -0.3 is 10.2 Å². The van der Waals surface area contributed by atoms with Crippen LogP contribution in [-0.4, -0.2) is 37.6 Å². The number of hydrogen-bond acceptors (Lipinski definition) is 2. The normalized spacial score (nSPS) is 17.0. The van der Waals surface area contributed by atoms with Crippen molar-refractivity contribution in [1.29, 1.82) is 0 Å². The summed E-state index contributed by atoms with van der Waals surface area (Å²) in [4.78, 5) is 2.56. The van der Waals surface area contributed by atoms with Crippen molar-refractivity contribution in [2.24, 2.45) is 0 Å². The van der Waals surface area contributed by atoms with Crippen LogP contribution in [-0.2, 0) is 12.8 Å². The topological polar surface area (TPSA) is 15.3 Å². The maximum absolute atomic E-state index is 3.66. The number of hydrogen-bond donors (Lipinski definition) is 1. The van der Waals surface area contributed by atoms with E-state index in [0.29, 0.717) is 0 Å². The van der Waals surface area contributed by atoms with E-state index in [1.54, 1.807) is 0 Å². The van der Waals surface area contributed by atoms with Crippen molar-refractivity contribution in [3.05, 3.63) is 33.8 Å². The summed E-state index contributed by atoms with van der Waals surface area (Å²) in [7, 11) is 0. The molecule has 0 aliphatic carbocycles. The molecule has 100 valence electrons. The molecule has 0 spiro atoms. The van der Waals surface area contributed by atoms with Gasteiger partial charge in [0.05, 0.1) is 0 Å². The minimum atomic E-state index is 1.10. The summed E-state index contributed by atoms with van der Waals surface area (Å²) in [5.74, 6) is 0. The first kappa shape index (κ1) is 14.0. The van der Waals surface area contributed by atoms with E-state index >= 15 is 0 Å². The molecule has 18 heavy (non-hydrogen) atoms. The molecule has 1 fully saturated rings. The van der Waals surface area contributed by atoms with Crippen molar-refractivity contribution in [2.45, 2.75) is 26.2 Å². The summed E-state index contributed by atoms with van der Waals surface area (Å²) in [6.07, 6.45) is 3.55. The Balaban J connectivity index is 1.77. The summed E-state index contributed by atoms with van der Waals surface area (Å²) in [6.45, 7) is 8.14. The van der Waals surface area contributed by atoms with Crippen LogP contribution < -0.4 is 5.32 Å². The molecule has 0 aromatic heterocycles. The second-order valence-corrected chi connectivity index (χ2v) is 5.83. The predicted molar refractivity (Wildman–Crippen MR) is 81.2 cm³/mol. The summed E-state index contributed by atoms with van der Waals surface area (Å²) in [5, 5.41) is 3.40. The van der Waals surface area contributed by atoms with Gasteiger partial charge in [0.15, 0.2) is 0 Å². The van der Waals surface area contributed by atoms with Gasteiger partial charge in [0.2, 0.25) is 0 Å². The lowest BCUT2D eigenvalue weighted by Gasteiger charge is -2.27. The van der Waals surface area contributed by atoms with Crippen molar-refractivity contribution in [3.8, 4) is 0 Å². The maximum atomic E-state index is 3.66. The highest BCUT2D eigenvalue weighted by Crippen LogP contribution is 2.20. The molecule has 2 rings (SSSR count). The van der Waals surface area contributed by atoms with Crippen LogP contribution in [0.25, 0.3) is 0 Å². The molecule has 0 unspecified atom stereocenters. The molecule has 0 bridgehead atoms. The van der Waals surface area contributed by atoms with E-state index in [2.05, 4.69) is 51.3 Å². The second kappa shape index (κ2) is 7.27. The molecule has 3 heteroatoms. The number of rotatable bonds is 5. The number of benzene rings is 1. The van der Waals surface area contributed by atoms with Gasteiger partial charge in [0.1, 0.15) is 0 Å². The van der Waals surface area contributed by atoms with E-state index in [-0.39, 0.29) is 0 Å². The monoisotopic (exact) mass is 310 g/mol. The highest BCUT2D eigenvalue weighted by atomic mass is 79.9. The van der Waals surface area contributed by atoms with Gasteiger partial charge in [-0.15, -0.1) is 0 Å². The third-order valence-electron chi connectivity index (χ3n) is 3.65. The zero-order valence-corrected chi connectivity index (χ0v) is 12.8. The van der Waals surface area contributed by atoms with E-state index in [9.17, 15) is 0 Å². The minimum Gasteiger partial charge on any atom is -0.314 e. The van der Waals surface area contributed by atoms with Crippen LogP contribution in [0.2, 0.25) is 0 Å². The molecule has 0 atom stereocenters. The van der Waals surface area contributed by atoms with Gasteiger partial charge >= 0.3 is 0 Å². The molecule has 1 saturated heterocycles. The summed E-state index contributed by atoms with van der Waals surface area (Å²) < 4.78 is 1.27. The molecule has 0 saturated carbocycles. The minimum absolute atomic E-state index is 1.10. The summed E-state index contributed by atoms with van der Waals surface area (Å²) in [5.41, 5.74) is 2.86. The third-order valence-corrected chi connectivity index (χ3v) is 4.39. The number of nitrogens with zero attached hydrogens (tertiary/aromatic N) is 1. The Bertz CT molecular complexity index is 373. The highest BCUT2D eigenvalue weighted by molar-refractivity contribution is 9.10. The lowest BCUT2D eigenvalue weighted by Crippen LogP contribution is -2.43. The van der Waals surface area contributed by atoms with Crippen molar-refractivity contribution in [3.63, 3.8) is 0 Å². The fourth-order valence-corrected chi connectivity index (χ4v) is 3.18. The second-order valence-electron chi connectivity index (χ2n) is 4.97. The fraction of sp³-hybridized carbons (Fsp3) is 0.600. The molecule has 1 aromatic rings. The third kappa shape index (κ3) is 4.08. The van der Waals surface area contributed by atoms with Crippen molar-refractivity contribution in [1.82, 2.24) is 10.2 Å². The van der Waals surface area contributed by atoms with E-state index in [4.69, 9.17) is 0 Å². The van der Waals surface area contributed by atoms with Crippen LogP contribution in [0, 0.1) is 0 Å². The Morgan fingerprint density at radius 2 is 2.06 bits per heavy atom. The lowest BCUT2D eigenvalue weighted by atomic mass is 10.1. The van der Waals surface area contributed by atoms with Gasteiger partial charge in [-0.3, -0.25) is 0 Å². The van der Waals surface area contributed by atoms with Crippen molar-refractivity contribution in [2.75, 3.05) is 32.7 Å². The van der Waals surface area contributed by atoms with Gasteiger partial charge in [-0.2, -0.15) is 0 Å². The fourth-order valence-electron chi connectivity index (χ4n) is 2.47. The first-order chi connectivity index (χ1) is 8.79. The van der Waals surface area contributed by atoms with Gasteiger partial charge in [-0.1, -0.05) is 35.0 Å². The van der Waals surface area contributed by atoms with Gasteiger partial charge in [-0.25, -0.2) is 0 Å². The molecule has 2 nitrogen and oxygen atoms in total. The van der Waals surface area contributed by atoms with Crippen LogP contribution in [0.5, 0.6) is 0 Å². The standard InChI is InChI=1S/C15H23BrN2/c1-2-14-6-5-13(12-15(14)16)4-3-9-18-10-7-17-8-11-18/h5-6,12,17H,2-4,7-11H2,1H3. The van der Waals surface area contributed by atoms with E-state index in [0.717, 1.165) is 19.5 Å². The Labute approximate surface area is 119 Å². The van der Waals surface area contributed by atoms with Crippen molar-refractivity contribution >= 4 is 15.9 Å². The Kier molecular flexibility index (Phi) is 5.67. The molecule has 1 aliphatic rings. The summed E-state index contributed by atoms with van der Waals surface area (Å²) in [6, 6.07) is 6.82. The molecular formula is C15H23BrN2. The zero-order valence-electron chi connectivity index (χ0n) is 11.2. The quantitative estimate of drug-likeness (QED) is 0.899. The molecule has 0 amide bonds. The van der Waals surface area contributed by atoms with E-state index < -0.39 is 0 Å². The number of nitrogens with one attached hydrogen (secondary N) is 1. The van der Waals surface area contributed by atoms with E-state index in [1.807, 2.05) is 0 Å². The van der Waals surface area contributed by atoms with Crippen LogP contribution in [0.4, 0.5) is 0 Å². The van der Waals surface area contributed by atoms with Gasteiger partial charge in [0, 0.05) is 30.7 Å². The maximum Gasteiger partial charge on any atom is 0.0209 e. The Morgan fingerprint density at radius 1 is 1.28 bits per heavy atom.